The van der Waals surface area contributed by atoms with Gasteiger partial charge in [0.05, 0.1) is 6.42 Å². The normalized spacial score (nSPS) is 18.9. The van der Waals surface area contributed by atoms with Crippen molar-refractivity contribution >= 4 is 29.5 Å². The zero-order valence-electron chi connectivity index (χ0n) is 17.2. The van der Waals surface area contributed by atoms with Gasteiger partial charge in [-0.3, -0.25) is 14.5 Å². The number of nitrogens with one attached hydrogen (secondary N) is 1. The molecule has 0 aromatic heterocycles. The van der Waals surface area contributed by atoms with Crippen molar-refractivity contribution in [3.63, 3.8) is 0 Å². The SMILES string of the molecule is CSC1[C@H](NC(=O)Cc2ccccc2)C(=O)N1C(C(=O)OC(C)(C)C)=C(C)C. The molecule has 1 aliphatic heterocycles. The molecule has 1 heterocycles. The molecular formula is C21H28N2O4S. The van der Waals surface area contributed by atoms with Crippen molar-refractivity contribution in [3.05, 3.63) is 47.2 Å². The number of thioether (sulfide) groups is 1. The zero-order chi connectivity index (χ0) is 21.1. The molecule has 1 fully saturated rings. The van der Waals surface area contributed by atoms with Gasteiger partial charge in [0.15, 0.2) is 0 Å². The lowest BCUT2D eigenvalue weighted by Gasteiger charge is -2.47. The van der Waals surface area contributed by atoms with E-state index in [0.29, 0.717) is 5.57 Å². The van der Waals surface area contributed by atoms with Gasteiger partial charge in [0.25, 0.3) is 5.91 Å². The number of β-lactam (4-membered cyclic amide) rings is 1. The maximum Gasteiger partial charge on any atom is 0.355 e. The van der Waals surface area contributed by atoms with E-state index in [1.165, 1.54) is 16.7 Å². The van der Waals surface area contributed by atoms with Crippen LogP contribution in [0, 0.1) is 0 Å². The summed E-state index contributed by atoms with van der Waals surface area (Å²) in [4.78, 5) is 39.2. The molecule has 1 N–H and O–H groups in total. The highest BCUT2D eigenvalue weighted by Crippen LogP contribution is 2.34. The van der Waals surface area contributed by atoms with Crippen LogP contribution in [0.3, 0.4) is 0 Å². The molecule has 2 amide bonds. The number of esters is 1. The number of hydrogen-bond donors (Lipinski definition) is 1. The molecule has 1 saturated heterocycles. The molecule has 1 aromatic carbocycles. The third-order valence-corrected chi connectivity index (χ3v) is 5.08. The average Bonchev–Trinajstić information content (AvgIpc) is 2.59. The minimum atomic E-state index is -0.664. The van der Waals surface area contributed by atoms with Gasteiger partial charge in [-0.1, -0.05) is 30.3 Å². The summed E-state index contributed by atoms with van der Waals surface area (Å²) in [5, 5.41) is 2.44. The van der Waals surface area contributed by atoms with E-state index >= 15 is 0 Å². The summed E-state index contributed by atoms with van der Waals surface area (Å²) in [6.07, 6.45) is 2.05. The summed E-state index contributed by atoms with van der Waals surface area (Å²) in [5.41, 5.74) is 1.15. The van der Waals surface area contributed by atoms with Crippen LogP contribution in [0.5, 0.6) is 0 Å². The second-order valence-corrected chi connectivity index (χ2v) is 8.85. The number of ether oxygens (including phenoxy) is 1. The topological polar surface area (TPSA) is 75.7 Å². The standard InChI is InChI=1S/C21H28N2O4S/c1-13(2)17(20(26)27-21(3,4)5)23-18(25)16(19(23)28-6)22-15(24)12-14-10-8-7-9-11-14/h7-11,16,19H,12H2,1-6H3,(H,22,24)/t16-,19?/m1/s1. The number of hydrogen-bond acceptors (Lipinski definition) is 5. The number of carbonyl (C=O) groups excluding carboxylic acids is 3. The molecule has 0 aliphatic carbocycles. The maximum absolute atomic E-state index is 12.8. The van der Waals surface area contributed by atoms with E-state index in [9.17, 15) is 14.4 Å². The number of likely N-dealkylation sites (tertiary alicyclic amines) is 1. The predicted octanol–water partition coefficient (Wildman–Crippen LogP) is 2.88. The van der Waals surface area contributed by atoms with E-state index in [4.69, 9.17) is 4.74 Å². The number of rotatable bonds is 6. The van der Waals surface area contributed by atoms with E-state index < -0.39 is 17.6 Å². The molecule has 6 nitrogen and oxygen atoms in total. The Balaban J connectivity index is 2.12. The Hall–Kier alpha value is -2.28. The van der Waals surface area contributed by atoms with Crippen molar-refractivity contribution < 1.29 is 19.1 Å². The smallest absolute Gasteiger partial charge is 0.355 e. The quantitative estimate of drug-likeness (QED) is 0.448. The Morgan fingerprint density at radius 1 is 1.18 bits per heavy atom. The van der Waals surface area contributed by atoms with Crippen LogP contribution < -0.4 is 5.32 Å². The third-order valence-electron chi connectivity index (χ3n) is 4.12. The Kier molecular flexibility index (Phi) is 6.93. The lowest BCUT2D eigenvalue weighted by Crippen LogP contribution is -2.69. The van der Waals surface area contributed by atoms with Gasteiger partial charge in [0.1, 0.15) is 22.7 Å². The Morgan fingerprint density at radius 2 is 1.79 bits per heavy atom. The van der Waals surface area contributed by atoms with Gasteiger partial charge in [-0.2, -0.15) is 0 Å². The van der Waals surface area contributed by atoms with Crippen molar-refractivity contribution in [2.24, 2.45) is 0 Å². The molecule has 1 unspecified atom stereocenters. The fourth-order valence-corrected chi connectivity index (χ4v) is 3.83. The Labute approximate surface area is 170 Å². The first-order valence-electron chi connectivity index (χ1n) is 9.15. The molecule has 7 heteroatoms. The lowest BCUT2D eigenvalue weighted by molar-refractivity contribution is -0.158. The third kappa shape index (κ3) is 5.16. The highest BCUT2D eigenvalue weighted by Gasteiger charge is 2.51. The maximum atomic E-state index is 12.8. The van der Waals surface area contributed by atoms with Gasteiger partial charge < -0.3 is 10.1 Å². The summed E-state index contributed by atoms with van der Waals surface area (Å²) in [5.74, 6) is -1.06. The first-order valence-corrected chi connectivity index (χ1v) is 10.4. The monoisotopic (exact) mass is 404 g/mol. The van der Waals surface area contributed by atoms with Crippen LogP contribution in [0.2, 0.25) is 0 Å². The van der Waals surface area contributed by atoms with Crippen molar-refractivity contribution in [3.8, 4) is 0 Å². The van der Waals surface area contributed by atoms with Crippen LogP contribution >= 0.6 is 11.8 Å². The van der Waals surface area contributed by atoms with Gasteiger partial charge in [-0.15, -0.1) is 11.8 Å². The fourth-order valence-electron chi connectivity index (χ4n) is 2.95. The number of benzene rings is 1. The first-order chi connectivity index (χ1) is 13.0. The predicted molar refractivity (Wildman–Crippen MR) is 110 cm³/mol. The van der Waals surface area contributed by atoms with Gasteiger partial charge in [-0.05, 0) is 52.0 Å². The molecule has 2 atom stereocenters. The molecule has 0 saturated carbocycles. The lowest BCUT2D eigenvalue weighted by atomic mass is 10.0. The number of allylic oxidation sites excluding steroid dienone is 1. The molecule has 1 aliphatic rings. The summed E-state index contributed by atoms with van der Waals surface area (Å²) < 4.78 is 5.47. The molecule has 1 aromatic rings. The highest BCUT2D eigenvalue weighted by atomic mass is 32.2. The largest absolute Gasteiger partial charge is 0.455 e. The van der Waals surface area contributed by atoms with Crippen LogP contribution in [0.25, 0.3) is 0 Å². The van der Waals surface area contributed by atoms with E-state index in [2.05, 4.69) is 5.32 Å². The number of nitrogens with zero attached hydrogens (tertiary/aromatic N) is 1. The summed E-state index contributed by atoms with van der Waals surface area (Å²) in [6.45, 7) is 8.88. The molecule has 28 heavy (non-hydrogen) atoms. The van der Waals surface area contributed by atoms with Crippen molar-refractivity contribution in [2.75, 3.05) is 6.26 Å². The first kappa shape index (κ1) is 22.0. The van der Waals surface area contributed by atoms with Crippen LogP contribution in [0.4, 0.5) is 0 Å². The molecule has 0 spiro atoms. The molecule has 0 bridgehead atoms. The van der Waals surface area contributed by atoms with Crippen LogP contribution in [-0.4, -0.2) is 46.0 Å². The molecule has 0 radical (unpaired) electrons. The van der Waals surface area contributed by atoms with Crippen molar-refractivity contribution in [1.29, 1.82) is 0 Å². The second-order valence-electron chi connectivity index (χ2n) is 7.89. The minimum absolute atomic E-state index is 0.202. The second kappa shape index (κ2) is 8.82. The zero-order valence-corrected chi connectivity index (χ0v) is 18.1. The minimum Gasteiger partial charge on any atom is -0.455 e. The summed E-state index contributed by atoms with van der Waals surface area (Å²) in [6, 6.07) is 8.69. The van der Waals surface area contributed by atoms with E-state index in [1.807, 2.05) is 36.6 Å². The molecule has 152 valence electrons. The van der Waals surface area contributed by atoms with Crippen LogP contribution in [-0.2, 0) is 25.5 Å². The van der Waals surface area contributed by atoms with Crippen LogP contribution in [0.1, 0.15) is 40.2 Å². The van der Waals surface area contributed by atoms with Gasteiger partial charge in [0, 0.05) is 0 Å². The van der Waals surface area contributed by atoms with Crippen LogP contribution in [0.15, 0.2) is 41.6 Å². The molecule has 2 rings (SSSR count). The molecular weight excluding hydrogens is 376 g/mol. The van der Waals surface area contributed by atoms with Crippen molar-refractivity contribution in [1.82, 2.24) is 10.2 Å². The van der Waals surface area contributed by atoms with Gasteiger partial charge >= 0.3 is 5.97 Å². The summed E-state index contributed by atoms with van der Waals surface area (Å²) in [7, 11) is 0. The number of carbonyl (C=O) groups is 3. The van der Waals surface area contributed by atoms with E-state index in [0.717, 1.165) is 5.56 Å². The van der Waals surface area contributed by atoms with Gasteiger partial charge in [-0.25, -0.2) is 4.79 Å². The summed E-state index contributed by atoms with van der Waals surface area (Å²) >= 11 is 1.41. The Morgan fingerprint density at radius 3 is 2.29 bits per heavy atom. The van der Waals surface area contributed by atoms with Gasteiger partial charge in [0.2, 0.25) is 5.91 Å². The number of amides is 2. The Bertz CT molecular complexity index is 779. The highest BCUT2D eigenvalue weighted by molar-refractivity contribution is 7.99. The fraction of sp³-hybridized carbons (Fsp3) is 0.476. The average molecular weight is 405 g/mol. The van der Waals surface area contributed by atoms with E-state index in [-0.39, 0.29) is 29.3 Å². The van der Waals surface area contributed by atoms with E-state index in [1.54, 1.807) is 34.6 Å². The van der Waals surface area contributed by atoms with Crippen molar-refractivity contribution in [2.45, 2.75) is 58.1 Å².